The largest absolute Gasteiger partial charge is 0.320 e. The van der Waals surface area contributed by atoms with E-state index in [2.05, 4.69) is 21.2 Å². The van der Waals surface area contributed by atoms with E-state index in [1.54, 1.807) is 6.07 Å². The number of benzene rings is 2. The first-order valence-electron chi connectivity index (χ1n) is 6.93. The summed E-state index contributed by atoms with van der Waals surface area (Å²) in [6.45, 7) is 0. The van der Waals surface area contributed by atoms with E-state index in [0.717, 1.165) is 0 Å². The molecule has 9 nitrogen and oxygen atoms in total. The van der Waals surface area contributed by atoms with Gasteiger partial charge in [-0.15, -0.1) is 0 Å². The minimum absolute atomic E-state index is 0.164. The molecule has 1 N–H and O–H groups in total. The number of anilines is 1. The fraction of sp³-hybridized carbons (Fsp3) is 0. The van der Waals surface area contributed by atoms with Gasteiger partial charge in [-0.1, -0.05) is 12.1 Å². The molecule has 2 aromatic rings. The van der Waals surface area contributed by atoms with Gasteiger partial charge in [-0.3, -0.25) is 25.0 Å². The predicted octanol–water partition coefficient (Wildman–Crippen LogP) is 3.81. The highest BCUT2D eigenvalue weighted by Gasteiger charge is 2.14. The summed E-state index contributed by atoms with van der Waals surface area (Å²) in [7, 11) is 0. The quantitative estimate of drug-likeness (QED) is 0.340. The lowest BCUT2D eigenvalue weighted by Gasteiger charge is -2.06. The van der Waals surface area contributed by atoms with Gasteiger partial charge in [0, 0.05) is 28.7 Å². The highest BCUT2D eigenvalue weighted by molar-refractivity contribution is 9.10. The highest BCUT2D eigenvalue weighted by atomic mass is 79.9. The summed E-state index contributed by atoms with van der Waals surface area (Å²) >= 11 is 3.11. The van der Waals surface area contributed by atoms with Gasteiger partial charge in [0.15, 0.2) is 0 Å². The molecule has 10 heteroatoms. The van der Waals surface area contributed by atoms with Crippen LogP contribution in [0.2, 0.25) is 0 Å². The maximum Gasteiger partial charge on any atom is 0.270 e. The lowest BCUT2D eigenvalue weighted by molar-refractivity contribution is -0.385. The van der Waals surface area contributed by atoms with Gasteiger partial charge in [0.25, 0.3) is 17.3 Å². The van der Waals surface area contributed by atoms with Crippen LogP contribution >= 0.6 is 15.9 Å². The maximum atomic E-state index is 12.2. The summed E-state index contributed by atoms with van der Waals surface area (Å²) in [4.78, 5) is 32.6. The van der Waals surface area contributed by atoms with E-state index in [0.29, 0.717) is 5.56 Å². The number of halogens is 1. The average Bonchev–Trinajstić information content (AvgIpc) is 2.61. The minimum atomic E-state index is -0.756. The van der Waals surface area contributed by atoms with E-state index in [1.807, 2.05) is 0 Å². The molecular formula is C16H9BrN4O5. The second-order valence-electron chi connectivity index (χ2n) is 4.90. The van der Waals surface area contributed by atoms with Crippen molar-refractivity contribution in [2.24, 2.45) is 0 Å². The van der Waals surface area contributed by atoms with Crippen molar-refractivity contribution >= 4 is 45.0 Å². The van der Waals surface area contributed by atoms with Crippen molar-refractivity contribution in [2.75, 3.05) is 5.32 Å². The van der Waals surface area contributed by atoms with Crippen molar-refractivity contribution in [3.63, 3.8) is 0 Å². The van der Waals surface area contributed by atoms with Crippen LogP contribution in [0.3, 0.4) is 0 Å². The van der Waals surface area contributed by atoms with Crippen molar-refractivity contribution in [1.29, 1.82) is 5.26 Å². The normalized spacial score (nSPS) is 10.7. The van der Waals surface area contributed by atoms with E-state index in [1.165, 1.54) is 48.5 Å². The molecule has 0 saturated heterocycles. The van der Waals surface area contributed by atoms with Crippen molar-refractivity contribution in [1.82, 2.24) is 0 Å². The van der Waals surface area contributed by atoms with Crippen LogP contribution in [-0.2, 0) is 4.79 Å². The van der Waals surface area contributed by atoms with Gasteiger partial charge in [-0.05, 0) is 33.6 Å². The third-order valence-electron chi connectivity index (χ3n) is 3.17. The number of hydrogen-bond acceptors (Lipinski definition) is 6. The molecule has 0 fully saturated rings. The third kappa shape index (κ3) is 4.49. The van der Waals surface area contributed by atoms with Crippen LogP contribution in [0.25, 0.3) is 6.08 Å². The molecule has 0 heterocycles. The van der Waals surface area contributed by atoms with E-state index >= 15 is 0 Å². The van der Waals surface area contributed by atoms with Crippen molar-refractivity contribution in [3.05, 3.63) is 78.3 Å². The van der Waals surface area contributed by atoms with Crippen LogP contribution < -0.4 is 5.32 Å². The zero-order valence-corrected chi connectivity index (χ0v) is 14.5. The lowest BCUT2D eigenvalue weighted by atomic mass is 10.1. The molecule has 0 spiro atoms. The van der Waals surface area contributed by atoms with Gasteiger partial charge in [-0.2, -0.15) is 5.26 Å². The molecule has 0 aliphatic carbocycles. The number of carbonyl (C=O) groups excluding carboxylic acids is 1. The number of nitrogens with zero attached hydrogens (tertiary/aromatic N) is 3. The second-order valence-corrected chi connectivity index (χ2v) is 5.75. The number of non-ortho nitro benzene ring substituents is 2. The topological polar surface area (TPSA) is 139 Å². The molecule has 0 bridgehead atoms. The molecule has 0 saturated carbocycles. The molecule has 0 aliphatic heterocycles. The van der Waals surface area contributed by atoms with Crippen LogP contribution in [-0.4, -0.2) is 15.8 Å². The monoisotopic (exact) mass is 416 g/mol. The maximum absolute atomic E-state index is 12.2. The zero-order chi connectivity index (χ0) is 19.3. The summed E-state index contributed by atoms with van der Waals surface area (Å²) in [5.74, 6) is -0.756. The summed E-state index contributed by atoms with van der Waals surface area (Å²) in [5.41, 5.74) is -0.0673. The Morgan fingerprint density at radius 3 is 2.35 bits per heavy atom. The van der Waals surface area contributed by atoms with E-state index < -0.39 is 15.8 Å². The number of carbonyl (C=O) groups is 1. The van der Waals surface area contributed by atoms with E-state index in [9.17, 15) is 30.3 Å². The summed E-state index contributed by atoms with van der Waals surface area (Å²) in [6, 6.07) is 10.9. The Kier molecular flexibility index (Phi) is 5.77. The molecule has 130 valence electrons. The summed E-state index contributed by atoms with van der Waals surface area (Å²) < 4.78 is 0.271. The number of nitro groups is 2. The molecule has 0 aromatic heterocycles. The predicted molar refractivity (Wildman–Crippen MR) is 96.1 cm³/mol. The Labute approximate surface area is 155 Å². The lowest BCUT2D eigenvalue weighted by Crippen LogP contribution is -2.13. The van der Waals surface area contributed by atoms with Gasteiger partial charge in [0.2, 0.25) is 0 Å². The Bertz CT molecular complexity index is 981. The van der Waals surface area contributed by atoms with Gasteiger partial charge >= 0.3 is 0 Å². The van der Waals surface area contributed by atoms with Gasteiger partial charge in [0.05, 0.1) is 15.5 Å². The number of amides is 1. The van der Waals surface area contributed by atoms with Crippen LogP contribution in [0.5, 0.6) is 0 Å². The Morgan fingerprint density at radius 1 is 1.12 bits per heavy atom. The average molecular weight is 417 g/mol. The Morgan fingerprint density at radius 2 is 1.77 bits per heavy atom. The van der Waals surface area contributed by atoms with Gasteiger partial charge < -0.3 is 5.32 Å². The second kappa shape index (κ2) is 8.00. The van der Waals surface area contributed by atoms with Crippen LogP contribution in [0.4, 0.5) is 17.1 Å². The molecule has 0 aliphatic rings. The van der Waals surface area contributed by atoms with Crippen LogP contribution in [0.1, 0.15) is 5.56 Å². The number of nitro benzene ring substituents is 2. The molecule has 26 heavy (non-hydrogen) atoms. The molecule has 0 atom stereocenters. The zero-order valence-electron chi connectivity index (χ0n) is 12.9. The van der Waals surface area contributed by atoms with Crippen molar-refractivity contribution < 1.29 is 14.6 Å². The van der Waals surface area contributed by atoms with Crippen LogP contribution in [0.15, 0.2) is 52.5 Å². The SMILES string of the molecule is N#C/C(=C\c1cccc([N+](=O)[O-])c1)C(=O)Nc1ccc([N+](=O)[O-])cc1Br. The molecule has 2 aromatic carbocycles. The molecule has 0 radical (unpaired) electrons. The summed E-state index contributed by atoms with van der Waals surface area (Å²) in [5, 5.41) is 33.1. The highest BCUT2D eigenvalue weighted by Crippen LogP contribution is 2.27. The molecule has 0 unspecified atom stereocenters. The summed E-state index contributed by atoms with van der Waals surface area (Å²) in [6.07, 6.45) is 1.21. The standard InChI is InChI=1S/C16H9BrN4O5/c17-14-8-13(21(25)26)4-5-15(14)19-16(22)11(9-18)6-10-2-1-3-12(7-10)20(23)24/h1-8H,(H,19,22)/b11-6+. The first-order valence-corrected chi connectivity index (χ1v) is 7.72. The fourth-order valence-corrected chi connectivity index (χ4v) is 2.42. The smallest absolute Gasteiger partial charge is 0.270 e. The fourth-order valence-electron chi connectivity index (χ4n) is 1.95. The third-order valence-corrected chi connectivity index (χ3v) is 3.82. The Balaban J connectivity index is 2.27. The van der Waals surface area contributed by atoms with E-state index in [4.69, 9.17) is 0 Å². The van der Waals surface area contributed by atoms with E-state index in [-0.39, 0.29) is 27.1 Å². The minimum Gasteiger partial charge on any atom is -0.320 e. The first kappa shape index (κ1) is 18.8. The van der Waals surface area contributed by atoms with Crippen molar-refractivity contribution in [3.8, 4) is 6.07 Å². The molecule has 1 amide bonds. The van der Waals surface area contributed by atoms with Crippen molar-refractivity contribution in [2.45, 2.75) is 0 Å². The number of nitriles is 1. The van der Waals surface area contributed by atoms with Crippen LogP contribution in [0, 0.1) is 31.6 Å². The number of nitrogens with one attached hydrogen (secondary N) is 1. The number of hydrogen-bond donors (Lipinski definition) is 1. The molecule has 2 rings (SSSR count). The Hall–Kier alpha value is -3.58. The van der Waals surface area contributed by atoms with Gasteiger partial charge in [-0.25, -0.2) is 0 Å². The van der Waals surface area contributed by atoms with Gasteiger partial charge in [0.1, 0.15) is 11.6 Å². The number of rotatable bonds is 5. The molecular weight excluding hydrogens is 408 g/mol. The first-order chi connectivity index (χ1) is 12.3.